The quantitative estimate of drug-likeness (QED) is 0.810. The molecule has 3 aliphatic rings. The minimum absolute atomic E-state index is 0.0566. The molecule has 3 atom stereocenters. The van der Waals surface area contributed by atoms with Crippen LogP contribution in [0, 0.1) is 11.3 Å². The second-order valence-corrected chi connectivity index (χ2v) is 6.50. The van der Waals surface area contributed by atoms with Crippen molar-refractivity contribution >= 4 is 28.4 Å². The number of carbonyl (C=O) groups excluding carboxylic acids is 2. The number of fused-ring (bicyclic) bond motifs is 6. The number of nitrogens with zero attached hydrogens (tertiary/aromatic N) is 3. The fraction of sp³-hybridized carbons (Fsp3) is 0.278. The van der Waals surface area contributed by atoms with Crippen molar-refractivity contribution in [1.82, 2.24) is 10.2 Å². The number of anilines is 1. The first kappa shape index (κ1) is 13.5. The zero-order valence-corrected chi connectivity index (χ0v) is 12.8. The molecule has 0 spiro atoms. The Balaban J connectivity index is 1.68. The van der Waals surface area contributed by atoms with E-state index in [1.54, 1.807) is 17.0 Å². The lowest BCUT2D eigenvalue weighted by atomic mass is 10.0. The lowest BCUT2D eigenvalue weighted by molar-refractivity contribution is -0.120. The lowest BCUT2D eigenvalue weighted by Crippen LogP contribution is -2.51. The third-order valence-electron chi connectivity index (χ3n) is 5.36. The average molecular weight is 318 g/mol. The molecule has 0 radical (unpaired) electrons. The summed E-state index contributed by atoms with van der Waals surface area (Å²) in [6.07, 6.45) is 0.851. The van der Waals surface area contributed by atoms with Crippen LogP contribution in [0.2, 0.25) is 0 Å². The number of carbonyl (C=O) groups is 2. The fourth-order valence-corrected chi connectivity index (χ4v) is 4.33. The molecule has 3 fully saturated rings. The predicted molar refractivity (Wildman–Crippen MR) is 87.4 cm³/mol. The van der Waals surface area contributed by atoms with E-state index in [0.717, 1.165) is 23.7 Å². The molecule has 0 aliphatic carbocycles. The van der Waals surface area contributed by atoms with Gasteiger partial charge in [-0.25, -0.2) is 9.69 Å². The highest BCUT2D eigenvalue weighted by atomic mass is 16.2. The number of nitriles is 1. The first-order valence-electron chi connectivity index (χ1n) is 8.02. The van der Waals surface area contributed by atoms with Gasteiger partial charge in [-0.1, -0.05) is 24.3 Å². The number of hydrogen-bond donors (Lipinski definition) is 1. The SMILES string of the molecule is N#Cc1ccc(N2C(=O)C3C4CC(CN4)N3C2=O)c2ccccc12. The van der Waals surface area contributed by atoms with Gasteiger partial charge in [0.25, 0.3) is 5.91 Å². The predicted octanol–water partition coefficient (Wildman–Crippen LogP) is 1.59. The van der Waals surface area contributed by atoms with Gasteiger partial charge in [0.15, 0.2) is 0 Å². The molecule has 3 amide bonds. The molecule has 2 aromatic rings. The van der Waals surface area contributed by atoms with Crippen LogP contribution < -0.4 is 10.2 Å². The molecule has 118 valence electrons. The van der Waals surface area contributed by atoms with Gasteiger partial charge in [-0.15, -0.1) is 0 Å². The van der Waals surface area contributed by atoms with E-state index < -0.39 is 6.04 Å². The summed E-state index contributed by atoms with van der Waals surface area (Å²) < 4.78 is 0. The number of piperazine rings is 1. The molecule has 0 aromatic heterocycles. The molecule has 2 aromatic carbocycles. The third kappa shape index (κ3) is 1.52. The number of rotatable bonds is 1. The van der Waals surface area contributed by atoms with Crippen LogP contribution in [0.1, 0.15) is 12.0 Å². The van der Waals surface area contributed by atoms with Crippen molar-refractivity contribution in [2.45, 2.75) is 24.5 Å². The zero-order valence-electron chi connectivity index (χ0n) is 12.8. The maximum absolute atomic E-state index is 12.9. The van der Waals surface area contributed by atoms with Gasteiger partial charge in [0.05, 0.1) is 17.3 Å². The Hall–Kier alpha value is -2.91. The van der Waals surface area contributed by atoms with Crippen LogP contribution in [-0.4, -0.2) is 41.5 Å². The van der Waals surface area contributed by atoms with Crippen molar-refractivity contribution in [3.8, 4) is 6.07 Å². The first-order valence-corrected chi connectivity index (χ1v) is 8.02. The van der Waals surface area contributed by atoms with Crippen molar-refractivity contribution in [3.05, 3.63) is 42.0 Å². The molecule has 2 bridgehead atoms. The maximum Gasteiger partial charge on any atom is 0.332 e. The highest BCUT2D eigenvalue weighted by Crippen LogP contribution is 2.40. The van der Waals surface area contributed by atoms with Crippen molar-refractivity contribution in [2.75, 3.05) is 11.4 Å². The Morgan fingerprint density at radius 1 is 1.12 bits per heavy atom. The van der Waals surface area contributed by atoms with Crippen molar-refractivity contribution in [1.29, 1.82) is 5.26 Å². The second-order valence-electron chi connectivity index (χ2n) is 6.50. The number of amides is 3. The molecule has 3 unspecified atom stereocenters. The largest absolute Gasteiger partial charge is 0.332 e. The summed E-state index contributed by atoms with van der Waals surface area (Å²) in [4.78, 5) is 28.9. The van der Waals surface area contributed by atoms with Gasteiger partial charge in [0.2, 0.25) is 0 Å². The molecular formula is C18H14N4O2. The molecule has 0 saturated carbocycles. The van der Waals surface area contributed by atoms with Crippen LogP contribution in [0.3, 0.4) is 0 Å². The van der Waals surface area contributed by atoms with Crippen molar-refractivity contribution < 1.29 is 9.59 Å². The molecule has 6 nitrogen and oxygen atoms in total. The van der Waals surface area contributed by atoms with E-state index in [4.69, 9.17) is 0 Å². The molecule has 1 N–H and O–H groups in total. The summed E-state index contributed by atoms with van der Waals surface area (Å²) in [5.41, 5.74) is 1.10. The molecular weight excluding hydrogens is 304 g/mol. The van der Waals surface area contributed by atoms with E-state index in [1.807, 2.05) is 24.3 Å². The standard InChI is InChI=1S/C18H14N4O2/c19-8-10-5-6-15(13-4-2-1-3-12(10)13)22-17(23)16-14-7-11(9-20-14)21(16)18(22)24/h1-6,11,14,16,20H,7,9H2. The zero-order chi connectivity index (χ0) is 16.4. The number of nitrogens with one attached hydrogen (secondary N) is 1. The van der Waals surface area contributed by atoms with E-state index in [-0.39, 0.29) is 24.0 Å². The Labute approximate surface area is 138 Å². The molecule has 3 aliphatic heterocycles. The Morgan fingerprint density at radius 3 is 2.67 bits per heavy atom. The average Bonchev–Trinajstić information content (AvgIpc) is 3.28. The minimum Gasteiger partial charge on any atom is -0.309 e. The van der Waals surface area contributed by atoms with Crippen LogP contribution in [-0.2, 0) is 4.79 Å². The van der Waals surface area contributed by atoms with Crippen LogP contribution in [0.15, 0.2) is 36.4 Å². The Kier molecular flexibility index (Phi) is 2.57. The van der Waals surface area contributed by atoms with E-state index in [0.29, 0.717) is 11.3 Å². The van der Waals surface area contributed by atoms with Gasteiger partial charge in [-0.05, 0) is 18.6 Å². The van der Waals surface area contributed by atoms with Crippen LogP contribution in [0.25, 0.3) is 10.8 Å². The highest BCUT2D eigenvalue weighted by molar-refractivity contribution is 6.25. The van der Waals surface area contributed by atoms with Crippen molar-refractivity contribution in [2.24, 2.45) is 0 Å². The van der Waals surface area contributed by atoms with E-state index >= 15 is 0 Å². The number of benzene rings is 2. The smallest absolute Gasteiger partial charge is 0.309 e. The molecule has 6 heteroatoms. The second kappa shape index (κ2) is 4.56. The maximum atomic E-state index is 12.9. The summed E-state index contributed by atoms with van der Waals surface area (Å²) in [6, 6.07) is 12.5. The number of hydrogen-bond acceptors (Lipinski definition) is 4. The minimum atomic E-state index is -0.398. The van der Waals surface area contributed by atoms with Crippen LogP contribution >= 0.6 is 0 Å². The Bertz CT molecular complexity index is 920. The molecule has 24 heavy (non-hydrogen) atoms. The summed E-state index contributed by atoms with van der Waals surface area (Å²) in [5, 5.41) is 14.1. The van der Waals surface area contributed by atoms with Crippen molar-refractivity contribution in [3.63, 3.8) is 0 Å². The monoisotopic (exact) mass is 318 g/mol. The van der Waals surface area contributed by atoms with Gasteiger partial charge in [-0.2, -0.15) is 5.26 Å². The van der Waals surface area contributed by atoms with Crippen LogP contribution in [0.5, 0.6) is 0 Å². The topological polar surface area (TPSA) is 76.4 Å². The van der Waals surface area contributed by atoms with Gasteiger partial charge >= 0.3 is 6.03 Å². The Morgan fingerprint density at radius 2 is 1.92 bits per heavy atom. The van der Waals surface area contributed by atoms with E-state index in [2.05, 4.69) is 11.4 Å². The van der Waals surface area contributed by atoms with Gasteiger partial charge in [0, 0.05) is 29.4 Å². The molecule has 5 rings (SSSR count). The van der Waals surface area contributed by atoms with Gasteiger partial charge < -0.3 is 10.2 Å². The van der Waals surface area contributed by atoms with Gasteiger partial charge in [0.1, 0.15) is 6.04 Å². The summed E-state index contributed by atoms with van der Waals surface area (Å²) in [5.74, 6) is -0.172. The molecule has 3 saturated heterocycles. The lowest BCUT2D eigenvalue weighted by Gasteiger charge is -2.26. The number of urea groups is 1. The highest BCUT2D eigenvalue weighted by Gasteiger charge is 2.59. The summed E-state index contributed by atoms with van der Waals surface area (Å²) >= 11 is 0. The normalized spacial score (nSPS) is 27.9. The number of imide groups is 1. The van der Waals surface area contributed by atoms with Gasteiger partial charge in [-0.3, -0.25) is 4.79 Å². The summed E-state index contributed by atoms with van der Waals surface area (Å²) in [6.45, 7) is 0.752. The fourth-order valence-electron chi connectivity index (χ4n) is 4.33. The first-order chi connectivity index (χ1) is 11.7. The third-order valence-corrected chi connectivity index (χ3v) is 5.36. The van der Waals surface area contributed by atoms with E-state index in [9.17, 15) is 14.9 Å². The molecule has 3 heterocycles. The van der Waals surface area contributed by atoms with Crippen LogP contribution in [0.4, 0.5) is 10.5 Å². The van der Waals surface area contributed by atoms with E-state index in [1.165, 1.54) is 4.90 Å². The summed E-state index contributed by atoms with van der Waals surface area (Å²) in [7, 11) is 0.